The Balaban J connectivity index is 3.17. The number of nitrogens with two attached hydrogens (primary N) is 1. The van der Waals surface area contributed by atoms with E-state index in [1.54, 1.807) is 12.1 Å². The van der Waals surface area contributed by atoms with Crippen molar-refractivity contribution < 1.29 is 13.2 Å². The number of benzene rings is 1. The van der Waals surface area contributed by atoms with Crippen LogP contribution in [-0.4, -0.2) is 12.0 Å². The van der Waals surface area contributed by atoms with Gasteiger partial charge >= 0.3 is 6.18 Å². The molecule has 0 aliphatic carbocycles. The molecule has 0 bridgehead atoms. The third-order valence-corrected chi connectivity index (χ3v) is 3.61. The minimum atomic E-state index is -4.54. The number of alkyl halides is 3. The van der Waals surface area contributed by atoms with E-state index in [1.165, 1.54) is 13.0 Å². The Kier molecular flexibility index (Phi) is 6.97. The third kappa shape index (κ3) is 5.48. The molecule has 134 valence electrons. The first kappa shape index (κ1) is 20.5. The van der Waals surface area contributed by atoms with Gasteiger partial charge in [-0.15, -0.1) is 0 Å². The van der Waals surface area contributed by atoms with E-state index < -0.39 is 11.7 Å². The molecule has 2 nitrogen and oxygen atoms in total. The Hall–Kier alpha value is -2.56. The maximum Gasteiger partial charge on any atom is 0.417 e. The van der Waals surface area contributed by atoms with Gasteiger partial charge in [-0.25, -0.2) is 4.99 Å². The van der Waals surface area contributed by atoms with Crippen LogP contribution in [0.25, 0.3) is 0 Å². The SMILES string of the molecule is C=C/C=C(\C(=C/C)C(=C)N=C(N)c1ccc(C(C)C)cc1)C(F)(F)F. The van der Waals surface area contributed by atoms with Crippen LogP contribution in [0.15, 0.2) is 77.5 Å². The molecule has 0 spiro atoms. The van der Waals surface area contributed by atoms with Crippen molar-refractivity contribution in [3.63, 3.8) is 0 Å². The fourth-order valence-electron chi connectivity index (χ4n) is 2.24. The number of aliphatic imine (C=N–C) groups is 1. The lowest BCUT2D eigenvalue weighted by molar-refractivity contribution is -0.0891. The zero-order valence-electron chi connectivity index (χ0n) is 14.7. The number of halogens is 3. The van der Waals surface area contributed by atoms with E-state index in [9.17, 15) is 13.2 Å². The molecule has 0 aliphatic rings. The van der Waals surface area contributed by atoms with Crippen LogP contribution < -0.4 is 5.73 Å². The van der Waals surface area contributed by atoms with Crippen molar-refractivity contribution in [2.75, 3.05) is 0 Å². The highest BCUT2D eigenvalue weighted by molar-refractivity contribution is 5.98. The molecule has 1 aromatic rings. The normalized spacial score (nSPS) is 14.0. The minimum Gasteiger partial charge on any atom is -0.383 e. The molecule has 0 heterocycles. The molecule has 0 radical (unpaired) electrons. The van der Waals surface area contributed by atoms with Crippen LogP contribution in [0.5, 0.6) is 0 Å². The number of rotatable bonds is 6. The summed E-state index contributed by atoms with van der Waals surface area (Å²) in [6.07, 6.45) is -1.26. The Bertz CT molecular complexity index is 718. The maximum atomic E-state index is 13.2. The molecule has 0 aromatic heterocycles. The number of hydrogen-bond acceptors (Lipinski definition) is 1. The quantitative estimate of drug-likeness (QED) is 0.403. The van der Waals surface area contributed by atoms with E-state index in [4.69, 9.17) is 5.73 Å². The van der Waals surface area contributed by atoms with Crippen molar-refractivity contribution in [1.29, 1.82) is 0 Å². The number of amidine groups is 1. The zero-order chi connectivity index (χ0) is 19.2. The molecule has 1 rings (SSSR count). The second-order valence-corrected chi connectivity index (χ2v) is 5.74. The first-order valence-corrected chi connectivity index (χ1v) is 7.82. The van der Waals surface area contributed by atoms with Gasteiger partial charge < -0.3 is 5.73 Å². The molecule has 0 aliphatic heterocycles. The Labute approximate surface area is 147 Å². The van der Waals surface area contributed by atoms with Gasteiger partial charge in [-0.3, -0.25) is 0 Å². The van der Waals surface area contributed by atoms with Crippen LogP contribution in [0.3, 0.4) is 0 Å². The lowest BCUT2D eigenvalue weighted by atomic mass is 10.0. The first-order valence-electron chi connectivity index (χ1n) is 7.82. The van der Waals surface area contributed by atoms with Gasteiger partial charge in [-0.2, -0.15) is 13.2 Å². The molecule has 0 fully saturated rings. The highest BCUT2D eigenvalue weighted by Crippen LogP contribution is 2.34. The second-order valence-electron chi connectivity index (χ2n) is 5.74. The molecule has 0 saturated carbocycles. The number of nitrogens with zero attached hydrogens (tertiary/aromatic N) is 1. The predicted molar refractivity (Wildman–Crippen MR) is 98.5 cm³/mol. The van der Waals surface area contributed by atoms with E-state index in [-0.39, 0.29) is 17.1 Å². The Morgan fingerprint density at radius 2 is 1.76 bits per heavy atom. The summed E-state index contributed by atoms with van der Waals surface area (Å²) < 4.78 is 39.6. The molecule has 0 amide bonds. The standard InChI is InChI=1S/C20H23F3N2/c1-6-8-18(20(21,22)23)17(7-2)14(5)25-19(24)16-11-9-15(10-12-16)13(3)4/h6-13H,1,5H2,2-4H3,(H2,24,25)/b17-7-,18-8+. The van der Waals surface area contributed by atoms with Gasteiger partial charge in [0.25, 0.3) is 0 Å². The molecular weight excluding hydrogens is 325 g/mol. The Morgan fingerprint density at radius 3 is 2.16 bits per heavy atom. The van der Waals surface area contributed by atoms with E-state index in [0.29, 0.717) is 11.5 Å². The molecule has 1 aromatic carbocycles. The van der Waals surface area contributed by atoms with E-state index in [1.807, 2.05) is 12.1 Å². The van der Waals surface area contributed by atoms with Crippen molar-refractivity contribution in [3.05, 3.63) is 83.6 Å². The van der Waals surface area contributed by atoms with Crippen LogP contribution in [0.4, 0.5) is 13.2 Å². The lowest BCUT2D eigenvalue weighted by Gasteiger charge is -2.15. The monoisotopic (exact) mass is 348 g/mol. The van der Waals surface area contributed by atoms with Crippen LogP contribution in [0.1, 0.15) is 37.8 Å². The second kappa shape index (κ2) is 8.51. The van der Waals surface area contributed by atoms with Gasteiger partial charge in [0.2, 0.25) is 0 Å². The van der Waals surface area contributed by atoms with Crippen LogP contribution in [0, 0.1) is 0 Å². The average molecular weight is 348 g/mol. The van der Waals surface area contributed by atoms with Gasteiger partial charge in [0, 0.05) is 11.1 Å². The van der Waals surface area contributed by atoms with Gasteiger partial charge in [0.15, 0.2) is 0 Å². The third-order valence-electron chi connectivity index (χ3n) is 3.61. The summed E-state index contributed by atoms with van der Waals surface area (Å²) in [4.78, 5) is 4.07. The first-order chi connectivity index (χ1) is 11.6. The van der Waals surface area contributed by atoms with E-state index in [0.717, 1.165) is 17.7 Å². The number of allylic oxidation sites excluding steroid dienone is 4. The minimum absolute atomic E-state index is 0.0571. The topological polar surface area (TPSA) is 38.4 Å². The lowest BCUT2D eigenvalue weighted by Crippen LogP contribution is -2.17. The smallest absolute Gasteiger partial charge is 0.383 e. The van der Waals surface area contributed by atoms with E-state index in [2.05, 4.69) is 32.0 Å². The van der Waals surface area contributed by atoms with Crippen molar-refractivity contribution in [2.45, 2.75) is 32.9 Å². The summed E-state index contributed by atoms with van der Waals surface area (Å²) in [7, 11) is 0. The van der Waals surface area contributed by atoms with Gasteiger partial charge in [0.05, 0.1) is 11.3 Å². The molecule has 2 N–H and O–H groups in total. The summed E-state index contributed by atoms with van der Waals surface area (Å²) in [5.74, 6) is 0.481. The fourth-order valence-corrected chi connectivity index (χ4v) is 2.24. The molecule has 0 atom stereocenters. The van der Waals surface area contributed by atoms with Crippen LogP contribution in [0.2, 0.25) is 0 Å². The van der Waals surface area contributed by atoms with Gasteiger partial charge in [-0.1, -0.05) is 63.4 Å². The summed E-state index contributed by atoms with van der Waals surface area (Å²) in [5.41, 5.74) is 6.66. The molecule has 25 heavy (non-hydrogen) atoms. The number of hydrogen-bond donors (Lipinski definition) is 1. The maximum absolute atomic E-state index is 13.2. The van der Waals surface area contributed by atoms with E-state index >= 15 is 0 Å². The van der Waals surface area contributed by atoms with Crippen LogP contribution >= 0.6 is 0 Å². The van der Waals surface area contributed by atoms with Crippen molar-refractivity contribution in [1.82, 2.24) is 0 Å². The van der Waals surface area contributed by atoms with Gasteiger partial charge in [-0.05, 0) is 24.5 Å². The average Bonchev–Trinajstić information content (AvgIpc) is 2.53. The highest BCUT2D eigenvalue weighted by atomic mass is 19.4. The molecule has 0 saturated heterocycles. The molecule has 0 unspecified atom stereocenters. The summed E-state index contributed by atoms with van der Waals surface area (Å²) in [6, 6.07) is 7.42. The molecule has 5 heteroatoms. The summed E-state index contributed by atoms with van der Waals surface area (Å²) in [6.45, 7) is 12.6. The van der Waals surface area contributed by atoms with Crippen LogP contribution in [-0.2, 0) is 0 Å². The Morgan fingerprint density at radius 1 is 1.20 bits per heavy atom. The zero-order valence-corrected chi connectivity index (χ0v) is 14.7. The van der Waals surface area contributed by atoms with Crippen molar-refractivity contribution in [2.24, 2.45) is 10.7 Å². The van der Waals surface area contributed by atoms with Gasteiger partial charge in [0.1, 0.15) is 5.84 Å². The predicted octanol–water partition coefficient (Wildman–Crippen LogP) is 5.65. The van der Waals surface area contributed by atoms with Crippen molar-refractivity contribution in [3.8, 4) is 0 Å². The highest BCUT2D eigenvalue weighted by Gasteiger charge is 2.36. The van der Waals surface area contributed by atoms with Crippen molar-refractivity contribution >= 4 is 5.84 Å². The molecular formula is C20H23F3N2. The summed E-state index contributed by atoms with van der Waals surface area (Å²) >= 11 is 0. The fraction of sp³-hybridized carbons (Fsp3) is 0.250. The largest absolute Gasteiger partial charge is 0.417 e. The summed E-state index contributed by atoms with van der Waals surface area (Å²) in [5, 5.41) is 0.